The van der Waals surface area contributed by atoms with Gasteiger partial charge < -0.3 is 10.4 Å². The fourth-order valence-corrected chi connectivity index (χ4v) is 1.44. The number of hydrogen-bond donors (Lipinski definition) is 2. The molecule has 0 heterocycles. The standard InChI is InChI=1S/C13H18F3NO/c1-8-5-6-10(7-11(8)13(14,15)16)17-9(2)12(3,4)18/h5-7,9,17-18H,1-4H3. The fourth-order valence-electron chi connectivity index (χ4n) is 1.44. The van der Waals surface area contributed by atoms with E-state index in [0.29, 0.717) is 5.69 Å². The molecular weight excluding hydrogens is 243 g/mol. The van der Waals surface area contributed by atoms with Crippen LogP contribution in [-0.4, -0.2) is 16.7 Å². The van der Waals surface area contributed by atoms with E-state index in [1.807, 2.05) is 0 Å². The topological polar surface area (TPSA) is 32.3 Å². The van der Waals surface area contributed by atoms with E-state index in [1.165, 1.54) is 13.0 Å². The van der Waals surface area contributed by atoms with Crippen LogP contribution in [0.4, 0.5) is 18.9 Å². The molecule has 18 heavy (non-hydrogen) atoms. The number of aryl methyl sites for hydroxylation is 1. The monoisotopic (exact) mass is 261 g/mol. The smallest absolute Gasteiger partial charge is 0.388 e. The highest BCUT2D eigenvalue weighted by Crippen LogP contribution is 2.33. The van der Waals surface area contributed by atoms with E-state index in [4.69, 9.17) is 0 Å². The Morgan fingerprint density at radius 2 is 1.78 bits per heavy atom. The highest BCUT2D eigenvalue weighted by Gasteiger charge is 2.32. The lowest BCUT2D eigenvalue weighted by Crippen LogP contribution is -2.39. The number of halogens is 3. The van der Waals surface area contributed by atoms with E-state index < -0.39 is 17.3 Å². The number of aliphatic hydroxyl groups is 1. The number of hydrogen-bond acceptors (Lipinski definition) is 2. The number of rotatable bonds is 3. The van der Waals surface area contributed by atoms with Crippen molar-refractivity contribution in [1.82, 2.24) is 0 Å². The molecule has 0 amide bonds. The molecular formula is C13H18F3NO. The minimum absolute atomic E-state index is 0.184. The van der Waals surface area contributed by atoms with Crippen LogP contribution in [0.1, 0.15) is 31.9 Å². The third-order valence-electron chi connectivity index (χ3n) is 2.99. The molecule has 0 aliphatic heterocycles. The van der Waals surface area contributed by atoms with E-state index >= 15 is 0 Å². The lowest BCUT2D eigenvalue weighted by Gasteiger charge is -2.28. The maximum absolute atomic E-state index is 12.7. The normalized spacial score (nSPS) is 14.4. The summed E-state index contributed by atoms with van der Waals surface area (Å²) in [6.45, 7) is 6.34. The molecule has 0 fully saturated rings. The molecule has 0 spiro atoms. The van der Waals surface area contributed by atoms with Gasteiger partial charge in [0.1, 0.15) is 0 Å². The summed E-state index contributed by atoms with van der Waals surface area (Å²) < 4.78 is 38.2. The van der Waals surface area contributed by atoms with Crippen molar-refractivity contribution < 1.29 is 18.3 Å². The van der Waals surface area contributed by atoms with Crippen molar-refractivity contribution in [2.75, 3.05) is 5.32 Å². The number of alkyl halides is 3. The molecule has 0 saturated carbocycles. The van der Waals surface area contributed by atoms with Crippen LogP contribution >= 0.6 is 0 Å². The third-order valence-corrected chi connectivity index (χ3v) is 2.99. The molecule has 102 valence electrons. The Morgan fingerprint density at radius 3 is 2.22 bits per heavy atom. The molecule has 2 nitrogen and oxygen atoms in total. The summed E-state index contributed by atoms with van der Waals surface area (Å²) in [6.07, 6.45) is -4.36. The molecule has 1 aromatic carbocycles. The zero-order chi connectivity index (χ0) is 14.1. The molecule has 1 unspecified atom stereocenters. The van der Waals surface area contributed by atoms with Crippen molar-refractivity contribution in [3.05, 3.63) is 29.3 Å². The number of anilines is 1. The average Bonchev–Trinajstić information content (AvgIpc) is 2.17. The molecule has 0 bridgehead atoms. The molecule has 0 radical (unpaired) electrons. The summed E-state index contributed by atoms with van der Waals surface area (Å²) in [6, 6.07) is 3.70. The quantitative estimate of drug-likeness (QED) is 0.871. The summed E-state index contributed by atoms with van der Waals surface area (Å²) in [5.74, 6) is 0. The Kier molecular flexibility index (Phi) is 3.96. The maximum Gasteiger partial charge on any atom is 0.416 e. The summed E-state index contributed by atoms with van der Waals surface area (Å²) >= 11 is 0. The summed E-state index contributed by atoms with van der Waals surface area (Å²) in [5, 5.41) is 12.6. The van der Waals surface area contributed by atoms with Gasteiger partial charge in [0.2, 0.25) is 0 Å². The van der Waals surface area contributed by atoms with E-state index in [-0.39, 0.29) is 11.6 Å². The van der Waals surface area contributed by atoms with Gasteiger partial charge in [-0.3, -0.25) is 0 Å². The van der Waals surface area contributed by atoms with Gasteiger partial charge in [-0.1, -0.05) is 6.07 Å². The molecule has 0 aliphatic rings. The van der Waals surface area contributed by atoms with E-state index in [9.17, 15) is 18.3 Å². The second-order valence-electron chi connectivity index (χ2n) is 5.05. The zero-order valence-corrected chi connectivity index (χ0v) is 10.9. The van der Waals surface area contributed by atoms with Crippen LogP contribution in [0.2, 0.25) is 0 Å². The van der Waals surface area contributed by atoms with Gasteiger partial charge in [0.05, 0.1) is 17.2 Å². The predicted octanol–water partition coefficient (Wildman–Crippen LogP) is 3.59. The van der Waals surface area contributed by atoms with Crippen LogP contribution in [0.15, 0.2) is 18.2 Å². The highest BCUT2D eigenvalue weighted by atomic mass is 19.4. The predicted molar refractivity (Wildman–Crippen MR) is 65.6 cm³/mol. The van der Waals surface area contributed by atoms with Gasteiger partial charge >= 0.3 is 6.18 Å². The summed E-state index contributed by atoms with van der Waals surface area (Å²) in [5.41, 5.74) is -1.13. The van der Waals surface area contributed by atoms with Crippen molar-refractivity contribution in [3.63, 3.8) is 0 Å². The summed E-state index contributed by atoms with van der Waals surface area (Å²) in [4.78, 5) is 0. The van der Waals surface area contributed by atoms with Crippen LogP contribution in [0, 0.1) is 6.92 Å². The largest absolute Gasteiger partial charge is 0.416 e. The second-order valence-corrected chi connectivity index (χ2v) is 5.05. The first kappa shape index (κ1) is 14.8. The van der Waals surface area contributed by atoms with Crippen LogP contribution in [-0.2, 0) is 6.18 Å². The molecule has 1 rings (SSSR count). The minimum atomic E-state index is -4.36. The molecule has 1 atom stereocenters. The van der Waals surface area contributed by atoms with Crippen molar-refractivity contribution in [2.45, 2.75) is 45.5 Å². The second kappa shape index (κ2) is 4.80. The van der Waals surface area contributed by atoms with Crippen molar-refractivity contribution in [1.29, 1.82) is 0 Å². The first-order chi connectivity index (χ1) is 8.01. The van der Waals surface area contributed by atoms with Crippen LogP contribution in [0.3, 0.4) is 0 Å². The maximum atomic E-state index is 12.7. The van der Waals surface area contributed by atoms with E-state index in [0.717, 1.165) is 6.07 Å². The fraction of sp³-hybridized carbons (Fsp3) is 0.538. The molecule has 2 N–H and O–H groups in total. The Labute approximate surface area is 105 Å². The third kappa shape index (κ3) is 3.63. The van der Waals surface area contributed by atoms with Crippen molar-refractivity contribution in [2.24, 2.45) is 0 Å². The number of benzene rings is 1. The van der Waals surface area contributed by atoms with Crippen LogP contribution in [0.5, 0.6) is 0 Å². The van der Waals surface area contributed by atoms with Gasteiger partial charge in [-0.2, -0.15) is 13.2 Å². The van der Waals surface area contributed by atoms with E-state index in [2.05, 4.69) is 5.32 Å². The Hall–Kier alpha value is -1.23. The van der Waals surface area contributed by atoms with Gasteiger partial charge in [-0.25, -0.2) is 0 Å². The Balaban J connectivity index is 3.00. The zero-order valence-electron chi connectivity index (χ0n) is 10.9. The number of nitrogens with one attached hydrogen (secondary N) is 1. The van der Waals surface area contributed by atoms with Gasteiger partial charge in [0.15, 0.2) is 0 Å². The Bertz CT molecular complexity index is 421. The van der Waals surface area contributed by atoms with Gasteiger partial charge in [0, 0.05) is 5.69 Å². The molecule has 0 saturated heterocycles. The highest BCUT2D eigenvalue weighted by molar-refractivity contribution is 5.50. The van der Waals surface area contributed by atoms with Crippen LogP contribution < -0.4 is 5.32 Å². The van der Waals surface area contributed by atoms with E-state index in [1.54, 1.807) is 26.8 Å². The average molecular weight is 261 g/mol. The first-order valence-corrected chi connectivity index (χ1v) is 5.68. The molecule has 0 aliphatic carbocycles. The Morgan fingerprint density at radius 1 is 1.22 bits per heavy atom. The van der Waals surface area contributed by atoms with Gasteiger partial charge in [-0.15, -0.1) is 0 Å². The lowest BCUT2D eigenvalue weighted by molar-refractivity contribution is -0.138. The SMILES string of the molecule is Cc1ccc(NC(C)C(C)(C)O)cc1C(F)(F)F. The lowest BCUT2D eigenvalue weighted by atomic mass is 10.00. The summed E-state index contributed by atoms with van der Waals surface area (Å²) in [7, 11) is 0. The van der Waals surface area contributed by atoms with Crippen LogP contribution in [0.25, 0.3) is 0 Å². The first-order valence-electron chi connectivity index (χ1n) is 5.68. The molecule has 1 aromatic rings. The minimum Gasteiger partial charge on any atom is -0.388 e. The van der Waals surface area contributed by atoms with Gasteiger partial charge in [-0.05, 0) is 45.4 Å². The van der Waals surface area contributed by atoms with Gasteiger partial charge in [0.25, 0.3) is 0 Å². The molecule has 0 aromatic heterocycles. The molecule has 5 heteroatoms. The van der Waals surface area contributed by atoms with Crippen molar-refractivity contribution >= 4 is 5.69 Å². The van der Waals surface area contributed by atoms with Crippen molar-refractivity contribution in [3.8, 4) is 0 Å².